The number of nitrogens with zero attached hydrogens (tertiary/aromatic N) is 1. The number of hydrogen-bond acceptors (Lipinski definition) is 4. The number of fused-ring (bicyclic) bond motifs is 5. The Morgan fingerprint density at radius 2 is 1.85 bits per heavy atom. The van der Waals surface area contributed by atoms with E-state index in [2.05, 4.69) is 7.05 Å². The van der Waals surface area contributed by atoms with Crippen molar-refractivity contribution >= 4 is 5.97 Å². The molecule has 0 aromatic heterocycles. The van der Waals surface area contributed by atoms with E-state index in [4.69, 9.17) is 9.47 Å². The number of aliphatic hydroxyl groups excluding tert-OH is 1. The molecule has 148 valence electrons. The van der Waals surface area contributed by atoms with E-state index >= 15 is 0 Å². The number of epoxide rings is 1. The van der Waals surface area contributed by atoms with Gasteiger partial charge in [-0.05, 0) is 18.4 Å². The average Bonchev–Trinajstić information content (AvgIpc) is 3.51. The number of quaternary nitrogens is 1. The van der Waals surface area contributed by atoms with Gasteiger partial charge in [-0.2, -0.15) is 0 Å². The Bertz CT molecular complexity index is 677. The Labute approximate surface area is 171 Å². The van der Waals surface area contributed by atoms with Gasteiger partial charge in [-0.15, -0.1) is 0 Å². The van der Waals surface area contributed by atoms with E-state index < -0.39 is 5.92 Å². The molecule has 3 heterocycles. The number of esters is 1. The molecule has 0 spiro atoms. The predicted molar refractivity (Wildman–Crippen MR) is 95.4 cm³/mol. The van der Waals surface area contributed by atoms with Crippen LogP contribution in [0.5, 0.6) is 0 Å². The van der Waals surface area contributed by atoms with Crippen LogP contribution in [0.3, 0.4) is 0 Å². The second kappa shape index (κ2) is 7.14. The lowest BCUT2D eigenvalue weighted by atomic mass is 9.94. The van der Waals surface area contributed by atoms with Crippen LogP contribution in [-0.2, 0) is 14.3 Å². The molecule has 27 heavy (non-hydrogen) atoms. The molecule has 2 bridgehead atoms. The lowest BCUT2D eigenvalue weighted by molar-refractivity contribution is -0.957. The van der Waals surface area contributed by atoms with Crippen molar-refractivity contribution in [2.45, 2.75) is 62.0 Å². The van der Waals surface area contributed by atoms with Crippen molar-refractivity contribution in [3.63, 3.8) is 0 Å². The second-order valence-electron chi connectivity index (χ2n) is 8.85. The van der Waals surface area contributed by atoms with Crippen molar-refractivity contribution in [3.05, 3.63) is 35.9 Å². The molecule has 5 nitrogen and oxygen atoms in total. The van der Waals surface area contributed by atoms with Crippen molar-refractivity contribution in [3.8, 4) is 0 Å². The zero-order valence-corrected chi connectivity index (χ0v) is 17.3. The quantitative estimate of drug-likeness (QED) is 0.346. The highest BCUT2D eigenvalue weighted by Crippen LogP contribution is 2.54. The van der Waals surface area contributed by atoms with Gasteiger partial charge < -0.3 is 36.0 Å². The molecule has 6 heteroatoms. The normalized spacial score (nSPS) is 39.9. The number of carbonyl (C=O) groups is 1. The van der Waals surface area contributed by atoms with Crippen molar-refractivity contribution in [2.75, 3.05) is 20.2 Å². The molecular weight excluding hydrogens is 410 g/mol. The van der Waals surface area contributed by atoms with Crippen LogP contribution >= 0.6 is 0 Å². The van der Waals surface area contributed by atoms with Crippen LogP contribution < -0.4 is 17.0 Å². The number of aliphatic hydroxyl groups is 1. The monoisotopic (exact) mass is 437 g/mol. The first-order valence-corrected chi connectivity index (χ1v) is 9.97. The van der Waals surface area contributed by atoms with E-state index in [0.29, 0.717) is 24.3 Å². The Kier molecular flexibility index (Phi) is 5.12. The summed E-state index contributed by atoms with van der Waals surface area (Å²) in [4.78, 5) is 12.7. The number of likely N-dealkylation sites (N-methyl/N-ethyl adjacent to an activating group) is 1. The Balaban J connectivity index is 0.00000180. The molecular formula is C21H28BrNO4. The fraction of sp³-hybridized carbons (Fsp3) is 0.667. The first-order chi connectivity index (χ1) is 12.6. The summed E-state index contributed by atoms with van der Waals surface area (Å²) in [6.45, 7) is 1.04. The minimum Gasteiger partial charge on any atom is -1.00 e. The van der Waals surface area contributed by atoms with E-state index in [1.54, 1.807) is 0 Å². The van der Waals surface area contributed by atoms with Gasteiger partial charge in [0.2, 0.25) is 0 Å². The zero-order valence-electron chi connectivity index (χ0n) is 15.7. The first kappa shape index (κ1) is 19.4. The minimum absolute atomic E-state index is 0. The molecule has 1 saturated carbocycles. The molecule has 4 aliphatic rings. The molecule has 4 fully saturated rings. The third kappa shape index (κ3) is 3.35. The molecule has 7 atom stereocenters. The van der Waals surface area contributed by atoms with Gasteiger partial charge in [-0.3, -0.25) is 4.79 Å². The number of benzene rings is 1. The summed E-state index contributed by atoms with van der Waals surface area (Å²) in [5, 5.41) is 9.71. The molecule has 0 amide bonds. The first-order valence-electron chi connectivity index (χ1n) is 9.97. The minimum atomic E-state index is -0.589. The summed E-state index contributed by atoms with van der Waals surface area (Å²) >= 11 is 0. The summed E-state index contributed by atoms with van der Waals surface area (Å²) in [6.07, 6.45) is 5.22. The maximum Gasteiger partial charge on any atom is 0.316 e. The lowest BCUT2D eigenvalue weighted by Crippen LogP contribution is -3.00. The van der Waals surface area contributed by atoms with Crippen molar-refractivity contribution < 1.29 is 40.8 Å². The van der Waals surface area contributed by atoms with Crippen LogP contribution in [0.4, 0.5) is 0 Å². The number of ether oxygens (including phenoxy) is 2. The summed E-state index contributed by atoms with van der Waals surface area (Å²) in [7, 11) is 2.39. The van der Waals surface area contributed by atoms with Crippen LogP contribution in [0.2, 0.25) is 0 Å². The fourth-order valence-corrected chi connectivity index (χ4v) is 5.53. The highest BCUT2D eigenvalue weighted by molar-refractivity contribution is 5.78. The Morgan fingerprint density at radius 3 is 2.41 bits per heavy atom. The van der Waals surface area contributed by atoms with Crippen molar-refractivity contribution in [1.82, 2.24) is 0 Å². The highest BCUT2D eigenvalue weighted by atomic mass is 79.9. The van der Waals surface area contributed by atoms with Crippen molar-refractivity contribution in [1.29, 1.82) is 0 Å². The van der Waals surface area contributed by atoms with E-state index in [0.717, 1.165) is 28.8 Å². The highest BCUT2D eigenvalue weighted by Gasteiger charge is 2.72. The van der Waals surface area contributed by atoms with E-state index in [9.17, 15) is 9.90 Å². The van der Waals surface area contributed by atoms with Crippen LogP contribution in [0.25, 0.3) is 0 Å². The maximum atomic E-state index is 12.7. The molecule has 1 N–H and O–H groups in total. The fourth-order valence-electron chi connectivity index (χ4n) is 5.53. The van der Waals surface area contributed by atoms with E-state index in [1.807, 2.05) is 30.3 Å². The Hall–Kier alpha value is -0.950. The topological polar surface area (TPSA) is 59.1 Å². The van der Waals surface area contributed by atoms with Gasteiger partial charge in [0.1, 0.15) is 36.3 Å². The third-order valence-corrected chi connectivity index (χ3v) is 7.14. The van der Waals surface area contributed by atoms with Gasteiger partial charge in [-0.25, -0.2) is 0 Å². The number of halogens is 1. The average molecular weight is 438 g/mol. The number of piperidine rings is 1. The lowest BCUT2D eigenvalue weighted by Gasteiger charge is -2.48. The molecule has 1 aromatic rings. The maximum absolute atomic E-state index is 12.7. The van der Waals surface area contributed by atoms with E-state index in [1.165, 1.54) is 19.4 Å². The predicted octanol–water partition coefficient (Wildman–Crippen LogP) is -1.15. The van der Waals surface area contributed by atoms with Gasteiger partial charge in [0.15, 0.2) is 0 Å². The van der Waals surface area contributed by atoms with Crippen LogP contribution in [0.1, 0.15) is 37.2 Å². The molecule has 0 radical (unpaired) electrons. The van der Waals surface area contributed by atoms with Crippen LogP contribution in [0, 0.1) is 5.92 Å². The molecule has 3 aliphatic heterocycles. The van der Waals surface area contributed by atoms with Gasteiger partial charge >= 0.3 is 5.97 Å². The van der Waals surface area contributed by atoms with Crippen molar-refractivity contribution in [2.24, 2.45) is 5.92 Å². The van der Waals surface area contributed by atoms with Gasteiger partial charge in [0, 0.05) is 18.8 Å². The third-order valence-electron chi connectivity index (χ3n) is 7.14. The van der Waals surface area contributed by atoms with Gasteiger partial charge in [0.05, 0.1) is 20.2 Å². The van der Waals surface area contributed by atoms with Gasteiger partial charge in [0.25, 0.3) is 0 Å². The summed E-state index contributed by atoms with van der Waals surface area (Å²) in [5.41, 5.74) is 0.819. The molecule has 1 aliphatic carbocycles. The largest absolute Gasteiger partial charge is 1.00 e. The molecule has 2 unspecified atom stereocenters. The van der Waals surface area contributed by atoms with Crippen LogP contribution in [-0.4, -0.2) is 66.2 Å². The summed E-state index contributed by atoms with van der Waals surface area (Å²) < 4.78 is 12.9. The van der Waals surface area contributed by atoms with Gasteiger partial charge in [-0.1, -0.05) is 30.3 Å². The molecule has 1 aromatic carbocycles. The number of rotatable bonds is 6. The van der Waals surface area contributed by atoms with Crippen LogP contribution in [0.15, 0.2) is 30.3 Å². The number of morpholine rings is 1. The van der Waals surface area contributed by atoms with E-state index in [-0.39, 0.29) is 35.7 Å². The zero-order chi connectivity index (χ0) is 17.9. The molecule has 3 saturated heterocycles. The molecule has 5 rings (SSSR count). The standard InChI is InChI=1S/C21H28NO4.BrH/c1-22(11-13-7-8-13)17-9-15(10-18(22)20-19(17)26-20)25-21(24)16(12-23)14-5-3-2-4-6-14;/h2-6,13,15-20,23H,7-12H2,1H3;1H/q+1;/p-1/t15?,16-,17-,18+,19-,20+,22?;/m1./s1. The number of carbonyl (C=O) groups excluding carboxylic acids is 1. The second-order valence-corrected chi connectivity index (χ2v) is 8.85. The number of hydrogen-bond donors (Lipinski definition) is 1. The summed E-state index contributed by atoms with van der Waals surface area (Å²) in [6, 6.07) is 10.4. The SMILES string of the molecule is C[N+]1(CC2CC2)[C@@H]2CC(OC(=O)[C@H](CO)c3ccccc3)C[C@H]1[C@@H]1O[C@@H]12.[Br-]. The smallest absolute Gasteiger partial charge is 0.316 e. The summed E-state index contributed by atoms with van der Waals surface area (Å²) in [5.74, 6) is 0.00309. The Morgan fingerprint density at radius 1 is 1.22 bits per heavy atom.